The van der Waals surface area contributed by atoms with Crippen LogP contribution in [-0.2, 0) is 13.1 Å². The van der Waals surface area contributed by atoms with E-state index in [9.17, 15) is 0 Å². The largest absolute Gasteiger partial charge is 0.463 e. The number of nitrogens with zero attached hydrogens (tertiary/aromatic N) is 1. The molecule has 0 radical (unpaired) electrons. The molecule has 1 heterocycles. The first-order chi connectivity index (χ1) is 9.10. The highest BCUT2D eigenvalue weighted by atomic mass is 16.3. The van der Waals surface area contributed by atoms with E-state index >= 15 is 0 Å². The molecule has 1 aromatic heterocycles. The molecule has 0 spiro atoms. The Labute approximate surface area is 115 Å². The van der Waals surface area contributed by atoms with Crippen LogP contribution in [0.25, 0.3) is 0 Å². The standard InChI is InChI=1S/C16H22N2O/c1-12-6-5-7-14(8-12)18(4)11-15-9-13(2)16(19-15)10-17-3/h5-9,17H,10-11H2,1-4H3. The highest BCUT2D eigenvalue weighted by molar-refractivity contribution is 5.47. The molecular weight excluding hydrogens is 236 g/mol. The Balaban J connectivity index is 2.10. The zero-order chi connectivity index (χ0) is 13.8. The molecule has 3 heteroatoms. The normalized spacial score (nSPS) is 10.7. The van der Waals surface area contributed by atoms with Gasteiger partial charge in [-0.3, -0.25) is 0 Å². The van der Waals surface area contributed by atoms with Gasteiger partial charge in [-0.05, 0) is 50.2 Å². The van der Waals surface area contributed by atoms with Crippen molar-refractivity contribution < 1.29 is 4.42 Å². The summed E-state index contributed by atoms with van der Waals surface area (Å²) < 4.78 is 5.87. The van der Waals surface area contributed by atoms with E-state index in [4.69, 9.17) is 4.42 Å². The summed E-state index contributed by atoms with van der Waals surface area (Å²) in [7, 11) is 4.02. The second-order valence-corrected chi connectivity index (χ2v) is 5.04. The molecule has 0 saturated carbocycles. The van der Waals surface area contributed by atoms with E-state index in [2.05, 4.69) is 61.4 Å². The van der Waals surface area contributed by atoms with Crippen LogP contribution >= 0.6 is 0 Å². The Morgan fingerprint density at radius 2 is 2.00 bits per heavy atom. The fraction of sp³-hybridized carbons (Fsp3) is 0.375. The molecule has 0 saturated heterocycles. The van der Waals surface area contributed by atoms with Gasteiger partial charge in [0.25, 0.3) is 0 Å². The minimum atomic E-state index is 0.778. The van der Waals surface area contributed by atoms with Crippen molar-refractivity contribution in [2.75, 3.05) is 19.0 Å². The van der Waals surface area contributed by atoms with Gasteiger partial charge in [-0.1, -0.05) is 12.1 Å². The summed E-state index contributed by atoms with van der Waals surface area (Å²) >= 11 is 0. The summed E-state index contributed by atoms with van der Waals surface area (Å²) in [6.07, 6.45) is 0. The zero-order valence-corrected chi connectivity index (χ0v) is 12.2. The van der Waals surface area contributed by atoms with Crippen molar-refractivity contribution in [2.45, 2.75) is 26.9 Å². The summed E-state index contributed by atoms with van der Waals surface area (Å²) in [5.41, 5.74) is 3.70. The van der Waals surface area contributed by atoms with E-state index in [1.165, 1.54) is 16.8 Å². The molecule has 0 aliphatic rings. The number of nitrogens with one attached hydrogen (secondary N) is 1. The number of anilines is 1. The third-order valence-corrected chi connectivity index (χ3v) is 3.24. The lowest BCUT2D eigenvalue weighted by Crippen LogP contribution is -2.15. The summed E-state index contributed by atoms with van der Waals surface area (Å²) in [6, 6.07) is 10.6. The van der Waals surface area contributed by atoms with Crippen LogP contribution in [0, 0.1) is 13.8 Å². The average Bonchev–Trinajstić information content (AvgIpc) is 2.70. The van der Waals surface area contributed by atoms with Crippen LogP contribution in [0.2, 0.25) is 0 Å². The van der Waals surface area contributed by atoms with Crippen LogP contribution < -0.4 is 10.2 Å². The molecule has 0 aliphatic heterocycles. The van der Waals surface area contributed by atoms with E-state index in [1.807, 2.05) is 7.05 Å². The molecule has 102 valence electrons. The monoisotopic (exact) mass is 258 g/mol. The third kappa shape index (κ3) is 3.38. The Kier molecular flexibility index (Phi) is 4.27. The van der Waals surface area contributed by atoms with Gasteiger partial charge < -0.3 is 14.6 Å². The molecule has 0 fully saturated rings. The Hall–Kier alpha value is -1.74. The molecule has 2 rings (SSSR count). The molecule has 0 bridgehead atoms. The van der Waals surface area contributed by atoms with Crippen molar-refractivity contribution >= 4 is 5.69 Å². The first-order valence-electron chi connectivity index (χ1n) is 6.60. The molecule has 0 aliphatic carbocycles. The molecule has 0 atom stereocenters. The second-order valence-electron chi connectivity index (χ2n) is 5.04. The topological polar surface area (TPSA) is 28.4 Å². The number of aryl methyl sites for hydroxylation is 2. The average molecular weight is 258 g/mol. The predicted molar refractivity (Wildman–Crippen MR) is 79.5 cm³/mol. The number of benzene rings is 1. The number of hydrogen-bond donors (Lipinski definition) is 1. The number of furan rings is 1. The Bertz CT molecular complexity index is 545. The minimum absolute atomic E-state index is 0.778. The van der Waals surface area contributed by atoms with Crippen molar-refractivity contribution in [2.24, 2.45) is 0 Å². The maximum atomic E-state index is 5.87. The Morgan fingerprint density at radius 3 is 2.68 bits per heavy atom. The van der Waals surface area contributed by atoms with Crippen molar-refractivity contribution in [1.82, 2.24) is 5.32 Å². The zero-order valence-electron chi connectivity index (χ0n) is 12.2. The van der Waals surface area contributed by atoms with Gasteiger partial charge in [0.2, 0.25) is 0 Å². The first kappa shape index (κ1) is 13.7. The van der Waals surface area contributed by atoms with Gasteiger partial charge >= 0.3 is 0 Å². The molecule has 1 aromatic carbocycles. The quantitative estimate of drug-likeness (QED) is 0.892. The van der Waals surface area contributed by atoms with E-state index in [1.54, 1.807) is 0 Å². The van der Waals surface area contributed by atoms with Gasteiger partial charge in [0, 0.05) is 12.7 Å². The number of rotatable bonds is 5. The smallest absolute Gasteiger partial charge is 0.123 e. The summed E-state index contributed by atoms with van der Waals surface area (Å²) in [5, 5.41) is 3.12. The van der Waals surface area contributed by atoms with E-state index in [0.29, 0.717) is 0 Å². The van der Waals surface area contributed by atoms with Crippen LogP contribution in [-0.4, -0.2) is 14.1 Å². The fourth-order valence-corrected chi connectivity index (χ4v) is 2.19. The first-order valence-corrected chi connectivity index (χ1v) is 6.60. The van der Waals surface area contributed by atoms with Crippen molar-refractivity contribution in [3.05, 3.63) is 53.0 Å². The molecular formula is C16H22N2O. The van der Waals surface area contributed by atoms with E-state index < -0.39 is 0 Å². The van der Waals surface area contributed by atoms with Gasteiger partial charge in [0.15, 0.2) is 0 Å². The lowest BCUT2D eigenvalue weighted by atomic mass is 10.2. The molecule has 19 heavy (non-hydrogen) atoms. The predicted octanol–water partition coefficient (Wildman–Crippen LogP) is 3.25. The maximum absolute atomic E-state index is 5.87. The second kappa shape index (κ2) is 5.93. The fourth-order valence-electron chi connectivity index (χ4n) is 2.19. The Morgan fingerprint density at radius 1 is 1.21 bits per heavy atom. The molecule has 1 N–H and O–H groups in total. The highest BCUT2D eigenvalue weighted by Gasteiger charge is 2.09. The van der Waals surface area contributed by atoms with Gasteiger partial charge in [0.1, 0.15) is 11.5 Å². The lowest BCUT2D eigenvalue weighted by Gasteiger charge is -2.18. The van der Waals surface area contributed by atoms with Crippen LogP contribution in [0.5, 0.6) is 0 Å². The summed E-state index contributed by atoms with van der Waals surface area (Å²) in [6.45, 7) is 5.76. The van der Waals surface area contributed by atoms with Crippen molar-refractivity contribution in [1.29, 1.82) is 0 Å². The van der Waals surface area contributed by atoms with E-state index in [0.717, 1.165) is 24.6 Å². The van der Waals surface area contributed by atoms with E-state index in [-0.39, 0.29) is 0 Å². The number of hydrogen-bond acceptors (Lipinski definition) is 3. The van der Waals surface area contributed by atoms with Gasteiger partial charge in [-0.2, -0.15) is 0 Å². The van der Waals surface area contributed by atoms with Crippen LogP contribution in [0.1, 0.15) is 22.6 Å². The van der Waals surface area contributed by atoms with Gasteiger partial charge in [0.05, 0.1) is 13.1 Å². The molecule has 3 nitrogen and oxygen atoms in total. The lowest BCUT2D eigenvalue weighted by molar-refractivity contribution is 0.451. The van der Waals surface area contributed by atoms with Crippen LogP contribution in [0.4, 0.5) is 5.69 Å². The summed E-state index contributed by atoms with van der Waals surface area (Å²) in [5.74, 6) is 2.03. The van der Waals surface area contributed by atoms with Crippen molar-refractivity contribution in [3.63, 3.8) is 0 Å². The third-order valence-electron chi connectivity index (χ3n) is 3.24. The molecule has 0 unspecified atom stereocenters. The maximum Gasteiger partial charge on any atom is 0.123 e. The van der Waals surface area contributed by atoms with Gasteiger partial charge in [-0.15, -0.1) is 0 Å². The summed E-state index contributed by atoms with van der Waals surface area (Å²) in [4.78, 5) is 2.20. The highest BCUT2D eigenvalue weighted by Crippen LogP contribution is 2.20. The van der Waals surface area contributed by atoms with Crippen molar-refractivity contribution in [3.8, 4) is 0 Å². The van der Waals surface area contributed by atoms with Gasteiger partial charge in [-0.25, -0.2) is 0 Å². The molecule has 0 amide bonds. The SMILES string of the molecule is CNCc1oc(CN(C)c2cccc(C)c2)cc1C. The van der Waals surface area contributed by atoms with Crippen LogP contribution in [0.15, 0.2) is 34.7 Å². The van der Waals surface area contributed by atoms with Crippen LogP contribution in [0.3, 0.4) is 0 Å². The minimum Gasteiger partial charge on any atom is -0.463 e. The molecule has 2 aromatic rings.